The average molecular weight is 661 g/mol. The predicted molar refractivity (Wildman–Crippen MR) is 139 cm³/mol. The van der Waals surface area contributed by atoms with Gasteiger partial charge < -0.3 is 15.9 Å². The van der Waals surface area contributed by atoms with E-state index in [0.717, 1.165) is 18.2 Å². The molecule has 0 heterocycles. The number of nitrogen functional groups attached to an aromatic ring is 1. The fraction of sp³-hybridized carbons (Fsp3) is 0.0909. The zero-order valence-corrected chi connectivity index (χ0v) is 23.5. The van der Waals surface area contributed by atoms with Crippen LogP contribution in [0.4, 0.5) is 17.1 Å². The van der Waals surface area contributed by atoms with Crippen LogP contribution in [-0.4, -0.2) is 49.1 Å². The number of benzene rings is 4. The third-order valence-electron chi connectivity index (χ3n) is 5.76. The zero-order valence-electron chi connectivity index (χ0n) is 20.1. The molecule has 4 aromatic rings. The first-order chi connectivity index (χ1) is 17.8. The Bertz CT molecular complexity index is 2100. The van der Waals surface area contributed by atoms with Gasteiger partial charge in [-0.25, -0.2) is 0 Å². The molecule has 14 nitrogen and oxygen atoms in total. The smallest absolute Gasteiger partial charge is 0.296 e. The zero-order chi connectivity index (χ0) is 29.2. The van der Waals surface area contributed by atoms with Crippen LogP contribution >= 0.6 is 0 Å². The van der Waals surface area contributed by atoms with Gasteiger partial charge in [-0.2, -0.15) is 25.3 Å². The molecule has 0 unspecified atom stereocenters. The number of nitrogens with zero attached hydrogens (tertiary/aromatic N) is 2. The van der Waals surface area contributed by atoms with Gasteiger partial charge in [0.2, 0.25) is 0 Å². The Kier molecular flexibility index (Phi) is 7.98. The molecule has 0 saturated carbocycles. The van der Waals surface area contributed by atoms with Crippen molar-refractivity contribution in [1.82, 2.24) is 0 Å². The van der Waals surface area contributed by atoms with E-state index in [1.807, 2.05) is 0 Å². The van der Waals surface area contributed by atoms with E-state index in [2.05, 4.69) is 10.2 Å². The van der Waals surface area contributed by atoms with Crippen LogP contribution in [-0.2, 0) is 47.4 Å². The summed E-state index contributed by atoms with van der Waals surface area (Å²) in [5.41, 5.74) is 4.96. The van der Waals surface area contributed by atoms with Gasteiger partial charge in [-0.3, -0.25) is 13.7 Å². The fourth-order valence-corrected chi connectivity index (χ4v) is 6.11. The van der Waals surface area contributed by atoms with Crippen LogP contribution in [0, 0.1) is 13.8 Å². The Morgan fingerprint density at radius 1 is 0.700 bits per heavy atom. The molecule has 7 N–H and O–H groups in total. The monoisotopic (exact) mass is 660 g/mol. The molecule has 0 aromatic heterocycles. The molecule has 1 radical (unpaired) electrons. The molecule has 0 saturated heterocycles. The van der Waals surface area contributed by atoms with Crippen LogP contribution in [0.3, 0.4) is 0 Å². The number of hydrogen-bond donors (Lipinski definition) is 6. The van der Waals surface area contributed by atoms with Gasteiger partial charge in [0.15, 0.2) is 11.5 Å². The maximum Gasteiger partial charge on any atom is 0.296 e. The van der Waals surface area contributed by atoms with Gasteiger partial charge in [0.05, 0.1) is 4.90 Å². The molecule has 40 heavy (non-hydrogen) atoms. The van der Waals surface area contributed by atoms with E-state index in [1.54, 1.807) is 19.9 Å². The van der Waals surface area contributed by atoms with E-state index in [0.29, 0.717) is 17.2 Å². The number of phenolic OH excluding ortho intramolecular Hbond substituents is 2. The van der Waals surface area contributed by atoms with Crippen molar-refractivity contribution in [3.05, 3.63) is 47.5 Å². The molecule has 0 atom stereocenters. The largest absolute Gasteiger partial charge is 0.505 e. The molecule has 0 bridgehead atoms. The minimum Gasteiger partial charge on any atom is -0.505 e. The molecule has 0 aliphatic carbocycles. The van der Waals surface area contributed by atoms with E-state index < -0.39 is 73.6 Å². The molecule has 4 rings (SSSR count). The van der Waals surface area contributed by atoms with E-state index in [1.165, 1.54) is 6.07 Å². The van der Waals surface area contributed by atoms with Gasteiger partial charge in [0.25, 0.3) is 30.4 Å². The first-order valence-corrected chi connectivity index (χ1v) is 14.8. The first-order valence-electron chi connectivity index (χ1n) is 10.5. The van der Waals surface area contributed by atoms with Crippen molar-refractivity contribution in [1.29, 1.82) is 0 Å². The van der Waals surface area contributed by atoms with E-state index in [9.17, 15) is 49.1 Å². The summed E-state index contributed by atoms with van der Waals surface area (Å²) in [5, 5.41) is 28.3. The minimum atomic E-state index is -5.17. The number of rotatable bonds is 5. The predicted octanol–water partition coefficient (Wildman–Crippen LogP) is 3.76. The van der Waals surface area contributed by atoms with Crippen molar-refractivity contribution in [2.24, 2.45) is 10.2 Å². The summed E-state index contributed by atoms with van der Waals surface area (Å²) in [7, 11) is -14.8. The molecule has 4 aromatic carbocycles. The number of azo groups is 1. The normalized spacial score (nSPS) is 12.7. The van der Waals surface area contributed by atoms with Gasteiger partial charge in [0, 0.05) is 38.9 Å². The van der Waals surface area contributed by atoms with Gasteiger partial charge in [-0.05, 0) is 55.1 Å². The summed E-state index contributed by atoms with van der Waals surface area (Å²) in [6.45, 7) is 3.22. The fourth-order valence-electron chi connectivity index (χ4n) is 4.20. The molecule has 18 heteroatoms. The van der Waals surface area contributed by atoms with Crippen molar-refractivity contribution in [2.75, 3.05) is 5.73 Å². The van der Waals surface area contributed by atoms with Gasteiger partial charge in [0.1, 0.15) is 21.2 Å². The van der Waals surface area contributed by atoms with Gasteiger partial charge >= 0.3 is 0 Å². The third kappa shape index (κ3) is 5.61. The molecule has 0 fully saturated rings. The van der Waals surface area contributed by atoms with Crippen LogP contribution < -0.4 is 5.73 Å². The van der Waals surface area contributed by atoms with Crippen molar-refractivity contribution < 1.29 is 66.2 Å². The number of hydrogen-bond acceptors (Lipinski definition) is 11. The summed E-state index contributed by atoms with van der Waals surface area (Å²) in [6.07, 6.45) is 0. The Balaban J connectivity index is 0.00000441. The Morgan fingerprint density at radius 2 is 1.30 bits per heavy atom. The topological polar surface area (TPSA) is 254 Å². The van der Waals surface area contributed by atoms with Crippen LogP contribution in [0.2, 0.25) is 0 Å². The number of phenols is 2. The first kappa shape index (κ1) is 31.2. The van der Waals surface area contributed by atoms with E-state index >= 15 is 0 Å². The number of anilines is 1. The maximum atomic E-state index is 12.1. The number of aryl methyl sites for hydroxylation is 2. The quantitative estimate of drug-likeness (QED) is 0.0774. The van der Waals surface area contributed by atoms with Crippen molar-refractivity contribution in [2.45, 2.75) is 28.5 Å². The SMILES string of the molecule is Cc1cc(C)c2c(O)c(N=Nc3c(S(=O)(=O)O)cc4cc(S(=O)(=O)O)cc(N)c4c3O)cc(S(=O)(=O)O)c2c1.[Cu]. The standard InChI is InChI=1S/C22H19N3O11S3.Cu/c1-9-3-10(2)18-13(4-9)16(38(31,32)33)8-15(21(18)26)24-25-20-17(39(34,35)36)6-11-5-12(37(28,29)30)7-14(23)19(11)22(20)27;/h3-8,26-27H,23H2,1-2H3,(H,28,29,30)(H,31,32,33)(H,34,35,36);. The average Bonchev–Trinajstić information content (AvgIpc) is 2.76. The molecule has 0 aliphatic heterocycles. The Labute approximate surface area is 237 Å². The van der Waals surface area contributed by atoms with Crippen LogP contribution in [0.1, 0.15) is 11.1 Å². The molecule has 0 spiro atoms. The van der Waals surface area contributed by atoms with E-state index in [-0.39, 0.29) is 38.6 Å². The second kappa shape index (κ2) is 10.2. The molecular formula is C22H19CuN3O11S3. The summed E-state index contributed by atoms with van der Waals surface area (Å²) in [4.78, 5) is -2.44. The Morgan fingerprint density at radius 3 is 1.85 bits per heavy atom. The summed E-state index contributed by atoms with van der Waals surface area (Å²) in [6, 6.07) is 6.07. The summed E-state index contributed by atoms with van der Waals surface area (Å²) >= 11 is 0. The molecule has 0 amide bonds. The van der Waals surface area contributed by atoms with Gasteiger partial charge in [-0.1, -0.05) is 11.6 Å². The van der Waals surface area contributed by atoms with Crippen LogP contribution in [0.15, 0.2) is 61.3 Å². The number of fused-ring (bicyclic) bond motifs is 2. The summed E-state index contributed by atoms with van der Waals surface area (Å²) in [5.74, 6) is -1.57. The van der Waals surface area contributed by atoms with Crippen molar-refractivity contribution >= 4 is 69.0 Å². The maximum absolute atomic E-state index is 12.1. The van der Waals surface area contributed by atoms with Crippen LogP contribution in [0.25, 0.3) is 21.5 Å². The van der Waals surface area contributed by atoms with Crippen molar-refractivity contribution in [3.8, 4) is 11.5 Å². The molecule has 217 valence electrons. The van der Waals surface area contributed by atoms with Crippen molar-refractivity contribution in [3.63, 3.8) is 0 Å². The minimum absolute atomic E-state index is 0. The Hall–Kier alpha value is -3.35. The van der Waals surface area contributed by atoms with E-state index in [4.69, 9.17) is 5.73 Å². The number of nitrogens with two attached hydrogens (primary N) is 1. The summed E-state index contributed by atoms with van der Waals surface area (Å²) < 4.78 is 100. The second-order valence-corrected chi connectivity index (χ2v) is 12.8. The number of aromatic hydroxyl groups is 2. The molecular weight excluding hydrogens is 642 g/mol. The molecule has 0 aliphatic rings. The second-order valence-electron chi connectivity index (χ2n) is 8.55. The van der Waals surface area contributed by atoms with Gasteiger partial charge in [-0.15, -0.1) is 10.2 Å². The third-order valence-corrected chi connectivity index (χ3v) is 8.35. The van der Waals surface area contributed by atoms with Crippen LogP contribution in [0.5, 0.6) is 11.5 Å².